The number of hydrogen-bond acceptors (Lipinski definition) is 0. The molecule has 2 aliphatic rings. The van der Waals surface area contributed by atoms with E-state index in [0.717, 1.165) is 16.3 Å². The Morgan fingerprint density at radius 2 is 1.55 bits per heavy atom. The summed E-state index contributed by atoms with van der Waals surface area (Å²) < 4.78 is 0.840. The van der Waals surface area contributed by atoms with E-state index in [4.69, 9.17) is 0 Å². The highest BCUT2D eigenvalue weighted by Crippen LogP contribution is 2.41. The van der Waals surface area contributed by atoms with E-state index < -0.39 is 0 Å². The second-order valence-electron chi connectivity index (χ2n) is 7.69. The summed E-state index contributed by atoms with van der Waals surface area (Å²) in [5, 5.41) is 0. The molecule has 0 amide bonds. The van der Waals surface area contributed by atoms with Crippen molar-refractivity contribution in [3.05, 3.63) is 11.5 Å². The van der Waals surface area contributed by atoms with Crippen LogP contribution in [0.4, 0.5) is 0 Å². The predicted molar refractivity (Wildman–Crippen MR) is 110 cm³/mol. The zero-order chi connectivity index (χ0) is 15.6. The van der Waals surface area contributed by atoms with Crippen LogP contribution in [0.2, 0.25) is 5.82 Å². The summed E-state index contributed by atoms with van der Waals surface area (Å²) in [4.78, 5) is 0. The van der Waals surface area contributed by atoms with Gasteiger partial charge in [-0.25, -0.2) is 0 Å². The Kier molecular flexibility index (Phi) is 9.56. The molecule has 0 aliphatic heterocycles. The van der Waals surface area contributed by atoms with Gasteiger partial charge in [-0.1, -0.05) is 89.1 Å². The van der Waals surface area contributed by atoms with Gasteiger partial charge in [0.15, 0.2) is 0 Å². The number of unbranched alkanes of at least 4 members (excludes halogenated alkanes) is 4. The molecule has 0 radical (unpaired) electrons. The van der Waals surface area contributed by atoms with Crippen LogP contribution < -0.4 is 0 Å². The molecule has 0 atom stereocenters. The van der Waals surface area contributed by atoms with Gasteiger partial charge in [0.2, 0.25) is 4.57 Å². The quantitative estimate of drug-likeness (QED) is 0.216. The van der Waals surface area contributed by atoms with E-state index in [1.54, 1.807) is 0 Å². The number of allylic oxidation sites excluding steroid dienone is 2. The summed E-state index contributed by atoms with van der Waals surface area (Å²) in [5.41, 5.74) is 1.88. The second-order valence-corrected chi connectivity index (χ2v) is 9.03. The molecule has 2 heteroatoms. The molecule has 126 valence electrons. The topological polar surface area (TPSA) is 0 Å². The average Bonchev–Trinajstić information content (AvgIpc) is 2.59. The molecule has 22 heavy (non-hydrogen) atoms. The van der Waals surface area contributed by atoms with Gasteiger partial charge in [-0.05, 0) is 37.4 Å². The molecule has 2 fully saturated rings. The monoisotopic (exact) mass is 414 g/mol. The molecule has 0 spiro atoms. The lowest BCUT2D eigenvalue weighted by atomic mass is 9.50. The zero-order valence-electron chi connectivity index (χ0n) is 14.8. The first kappa shape index (κ1) is 18.9. The Morgan fingerprint density at radius 3 is 2.18 bits per heavy atom. The molecule has 2 rings (SSSR count). The minimum absolute atomic E-state index is 0.840. The van der Waals surface area contributed by atoms with Gasteiger partial charge in [0.25, 0.3) is 0 Å². The first-order chi connectivity index (χ1) is 10.8. The highest BCUT2D eigenvalue weighted by Gasteiger charge is 2.32. The average molecular weight is 414 g/mol. The summed E-state index contributed by atoms with van der Waals surface area (Å²) in [5.74, 6) is 1.92. The maximum absolute atomic E-state index is 2.83. The van der Waals surface area contributed by atoms with Crippen molar-refractivity contribution in [2.75, 3.05) is 0 Å². The molecule has 0 nitrogen and oxygen atoms in total. The lowest BCUT2D eigenvalue weighted by molar-refractivity contribution is 0.410. The molecule has 0 N–H and O–H groups in total. The van der Waals surface area contributed by atoms with Crippen LogP contribution >= 0.6 is 22.4 Å². The normalized spacial score (nSPS) is 22.0. The highest BCUT2D eigenvalue weighted by atomic mass is 127. The van der Waals surface area contributed by atoms with E-state index in [9.17, 15) is 0 Å². The van der Waals surface area contributed by atoms with Crippen molar-refractivity contribution in [2.24, 2.45) is 5.92 Å². The van der Waals surface area contributed by atoms with Gasteiger partial charge in [0.05, 0.1) is 0 Å². The summed E-state index contributed by atoms with van der Waals surface area (Å²) in [6.45, 7) is 2.31. The minimum Gasteiger partial charge on any atom is -0.143 e. The third-order valence-electron chi connectivity index (χ3n) is 5.90. The summed E-state index contributed by atoms with van der Waals surface area (Å²) >= 11 is 2.83. The smallest absolute Gasteiger partial charge is 0.143 e. The molecule has 0 aromatic rings. The van der Waals surface area contributed by atoms with E-state index in [1.807, 2.05) is 5.47 Å². The Hall–Kier alpha value is 0.535. The number of rotatable bonds is 8. The fourth-order valence-electron chi connectivity index (χ4n) is 4.48. The SMILES string of the molecule is CCCCCC/C=C(\B(I)C1CCCCC1)C1CCCCC1. The molecule has 0 bridgehead atoms. The van der Waals surface area contributed by atoms with Crippen molar-refractivity contribution in [1.82, 2.24) is 0 Å². The second kappa shape index (κ2) is 11.2. The van der Waals surface area contributed by atoms with Crippen molar-refractivity contribution in [1.29, 1.82) is 0 Å². The standard InChI is InChI=1S/C20H36BI/c1-2-3-4-5-12-17-20(18-13-8-6-9-14-18)21(22)19-15-10-7-11-16-19/h17-19H,2-16H2,1H3/b20-17-. The van der Waals surface area contributed by atoms with E-state index in [-0.39, 0.29) is 0 Å². The first-order valence-electron chi connectivity index (χ1n) is 10.2. The van der Waals surface area contributed by atoms with Crippen LogP contribution in [0.5, 0.6) is 0 Å². The van der Waals surface area contributed by atoms with Crippen molar-refractivity contribution < 1.29 is 0 Å². The fraction of sp³-hybridized carbons (Fsp3) is 0.900. The van der Waals surface area contributed by atoms with Crippen molar-refractivity contribution in [3.63, 3.8) is 0 Å². The molecule has 2 saturated carbocycles. The largest absolute Gasteiger partial charge is 0.249 e. The maximum Gasteiger partial charge on any atom is 0.249 e. The summed E-state index contributed by atoms with van der Waals surface area (Å²) in [6, 6.07) is 0. The Labute approximate surface area is 153 Å². The van der Waals surface area contributed by atoms with Gasteiger partial charge in [-0.2, -0.15) is 0 Å². The van der Waals surface area contributed by atoms with E-state index in [1.165, 1.54) is 96.3 Å². The first-order valence-corrected chi connectivity index (χ1v) is 11.4. The third kappa shape index (κ3) is 6.21. The molecule has 0 unspecified atom stereocenters. The van der Waals surface area contributed by atoms with Crippen molar-refractivity contribution >= 4 is 26.9 Å². The van der Waals surface area contributed by atoms with E-state index in [0.29, 0.717) is 0 Å². The molecule has 0 heterocycles. The van der Waals surface area contributed by atoms with Crippen molar-refractivity contribution in [3.8, 4) is 0 Å². The van der Waals surface area contributed by atoms with Gasteiger partial charge in [-0.3, -0.25) is 0 Å². The zero-order valence-corrected chi connectivity index (χ0v) is 17.0. The minimum atomic E-state index is 0.840. The molecular weight excluding hydrogens is 378 g/mol. The van der Waals surface area contributed by atoms with Crippen molar-refractivity contribution in [2.45, 2.75) is 109 Å². The van der Waals surface area contributed by atoms with Crippen LogP contribution in [-0.2, 0) is 0 Å². The molecule has 0 aromatic heterocycles. The van der Waals surface area contributed by atoms with Gasteiger partial charge in [0, 0.05) is 0 Å². The summed E-state index contributed by atoms with van der Waals surface area (Å²) in [7, 11) is 0. The van der Waals surface area contributed by atoms with Crippen LogP contribution in [0.25, 0.3) is 0 Å². The molecule has 0 saturated heterocycles. The molecule has 0 aromatic carbocycles. The van der Waals surface area contributed by atoms with Crippen LogP contribution in [0.15, 0.2) is 11.5 Å². The number of halogens is 1. The van der Waals surface area contributed by atoms with Crippen LogP contribution in [0.1, 0.15) is 103 Å². The highest BCUT2D eigenvalue weighted by molar-refractivity contribution is 14.1. The predicted octanol–water partition coefficient (Wildman–Crippen LogP) is 7.76. The Balaban J connectivity index is 1.94. The Morgan fingerprint density at radius 1 is 0.909 bits per heavy atom. The molecular formula is C20H36BI. The van der Waals surface area contributed by atoms with Crippen LogP contribution in [0.3, 0.4) is 0 Å². The number of hydrogen-bond donors (Lipinski definition) is 0. The van der Waals surface area contributed by atoms with Crippen LogP contribution in [0, 0.1) is 5.92 Å². The van der Waals surface area contributed by atoms with Crippen LogP contribution in [-0.4, -0.2) is 4.57 Å². The van der Waals surface area contributed by atoms with Gasteiger partial charge >= 0.3 is 0 Å². The van der Waals surface area contributed by atoms with Gasteiger partial charge in [0.1, 0.15) is 0 Å². The van der Waals surface area contributed by atoms with Gasteiger partial charge in [-0.15, -0.1) is 22.4 Å². The summed E-state index contributed by atoms with van der Waals surface area (Å²) in [6.07, 6.45) is 24.5. The fourth-order valence-corrected chi connectivity index (χ4v) is 5.96. The lowest BCUT2D eigenvalue weighted by Crippen LogP contribution is -2.25. The lowest BCUT2D eigenvalue weighted by Gasteiger charge is -2.32. The molecule has 2 aliphatic carbocycles. The van der Waals surface area contributed by atoms with E-state index >= 15 is 0 Å². The third-order valence-corrected chi connectivity index (χ3v) is 7.63. The van der Waals surface area contributed by atoms with Gasteiger partial charge < -0.3 is 0 Å². The van der Waals surface area contributed by atoms with E-state index in [2.05, 4.69) is 35.4 Å². The maximum atomic E-state index is 2.83. The Bertz CT molecular complexity index is 314.